The molecular weight excluding hydrogens is 682 g/mol. The van der Waals surface area contributed by atoms with Gasteiger partial charge in [0.15, 0.2) is 11.6 Å². The van der Waals surface area contributed by atoms with Crippen LogP contribution < -0.4 is 5.73 Å². The number of aliphatic hydroxyl groups is 1. The number of carbonyl (C=O) groups is 3. The maximum absolute atomic E-state index is 14.1. The summed E-state index contributed by atoms with van der Waals surface area (Å²) in [6.07, 6.45) is 5.03. The lowest BCUT2D eigenvalue weighted by atomic mass is 9.71. The number of benzene rings is 1. The Bertz CT molecular complexity index is 1900. The number of nitrogens with zero attached hydrogens (tertiary/aromatic N) is 4. The van der Waals surface area contributed by atoms with Gasteiger partial charge in [-0.3, -0.25) is 14.4 Å². The highest BCUT2D eigenvalue weighted by Gasteiger charge is 2.39. The van der Waals surface area contributed by atoms with Gasteiger partial charge in [-0.15, -0.1) is 0 Å². The second-order valence-electron chi connectivity index (χ2n) is 13.2. The molecule has 0 bridgehead atoms. The van der Waals surface area contributed by atoms with Crippen LogP contribution >= 0.6 is 27.5 Å². The van der Waals surface area contributed by atoms with E-state index in [-0.39, 0.29) is 42.4 Å². The number of fused-ring (bicyclic) bond motifs is 1. The summed E-state index contributed by atoms with van der Waals surface area (Å²) >= 11 is 9.69. The Morgan fingerprint density at radius 3 is 2.60 bits per heavy atom. The Balaban J connectivity index is 1.39. The Hall–Kier alpha value is -3.62. The molecule has 3 aromatic rings. The second-order valence-corrected chi connectivity index (χ2v) is 14.4. The monoisotopic (exact) mass is 719 g/mol. The number of aliphatic hydroxyl groups excluding tert-OH is 1. The predicted molar refractivity (Wildman–Crippen MR) is 185 cm³/mol. The SMILES string of the molecule is CC1=C(C)C(=O)C(C(C)(C)CC(=O)N(CC#Cc2ccc(Br)c(C(N)O)c2)C[C@@H]2CC[C@H](n3ccc4c(Cl)ncnc43)C2)=C(C)C1=O. The summed E-state index contributed by atoms with van der Waals surface area (Å²) in [5.74, 6) is 6.00. The van der Waals surface area contributed by atoms with Gasteiger partial charge in [-0.25, -0.2) is 9.97 Å². The maximum atomic E-state index is 14.1. The quantitative estimate of drug-likeness (QED) is 0.122. The summed E-state index contributed by atoms with van der Waals surface area (Å²) < 4.78 is 2.82. The van der Waals surface area contributed by atoms with Gasteiger partial charge >= 0.3 is 0 Å². The van der Waals surface area contributed by atoms with Crippen LogP contribution in [0.1, 0.15) is 83.7 Å². The van der Waals surface area contributed by atoms with Gasteiger partial charge in [0.05, 0.1) is 11.9 Å². The van der Waals surface area contributed by atoms with E-state index in [1.165, 1.54) is 6.33 Å². The third-order valence-corrected chi connectivity index (χ3v) is 10.5. The molecule has 11 heteroatoms. The van der Waals surface area contributed by atoms with E-state index in [9.17, 15) is 19.5 Å². The zero-order valence-corrected chi connectivity index (χ0v) is 29.6. The number of hydrogen-bond acceptors (Lipinski definition) is 7. The van der Waals surface area contributed by atoms with Crippen LogP contribution in [0.3, 0.4) is 0 Å². The maximum Gasteiger partial charge on any atom is 0.224 e. The van der Waals surface area contributed by atoms with E-state index in [1.807, 2.05) is 32.2 Å². The first kappa shape index (κ1) is 34.7. The van der Waals surface area contributed by atoms with Crippen molar-refractivity contribution in [2.45, 2.75) is 72.6 Å². The molecule has 2 aliphatic rings. The molecule has 3 atom stereocenters. The zero-order valence-electron chi connectivity index (χ0n) is 27.2. The van der Waals surface area contributed by atoms with Crippen molar-refractivity contribution < 1.29 is 19.5 Å². The number of allylic oxidation sites excluding steroid dienone is 4. The molecule has 0 spiro atoms. The van der Waals surface area contributed by atoms with E-state index in [0.29, 0.717) is 49.6 Å². The van der Waals surface area contributed by atoms with Crippen molar-refractivity contribution in [3.05, 3.63) is 79.8 Å². The van der Waals surface area contributed by atoms with E-state index in [1.54, 1.807) is 37.8 Å². The predicted octanol–water partition coefficient (Wildman–Crippen LogP) is 6.24. The largest absolute Gasteiger partial charge is 0.374 e. The lowest BCUT2D eigenvalue weighted by molar-refractivity contribution is -0.133. The van der Waals surface area contributed by atoms with Crippen molar-refractivity contribution in [3.63, 3.8) is 0 Å². The fourth-order valence-corrected chi connectivity index (χ4v) is 7.51. The molecule has 0 aliphatic heterocycles. The topological polar surface area (TPSA) is 131 Å². The van der Waals surface area contributed by atoms with Crippen molar-refractivity contribution in [1.29, 1.82) is 0 Å². The average molecular weight is 721 g/mol. The minimum absolute atomic E-state index is 0.0440. The molecule has 5 rings (SSSR count). The number of aromatic nitrogens is 3. The van der Waals surface area contributed by atoms with Crippen LogP contribution in [0.5, 0.6) is 0 Å². The third kappa shape index (κ3) is 7.14. The lowest BCUT2D eigenvalue weighted by Gasteiger charge is -2.33. The molecule has 2 aliphatic carbocycles. The highest BCUT2D eigenvalue weighted by Crippen LogP contribution is 2.41. The summed E-state index contributed by atoms with van der Waals surface area (Å²) in [5, 5.41) is 11.1. The molecule has 0 saturated heterocycles. The van der Waals surface area contributed by atoms with Gasteiger partial charge in [0, 0.05) is 68.5 Å². The number of hydrogen-bond donors (Lipinski definition) is 2. The Morgan fingerprint density at radius 1 is 1.15 bits per heavy atom. The van der Waals surface area contributed by atoms with Gasteiger partial charge in [0.25, 0.3) is 0 Å². The molecule has 2 heterocycles. The van der Waals surface area contributed by atoms with Crippen molar-refractivity contribution in [2.75, 3.05) is 13.1 Å². The number of carbonyl (C=O) groups excluding carboxylic acids is 3. The van der Waals surface area contributed by atoms with Crippen molar-refractivity contribution in [2.24, 2.45) is 17.1 Å². The van der Waals surface area contributed by atoms with Crippen LogP contribution in [0.4, 0.5) is 0 Å². The highest BCUT2D eigenvalue weighted by atomic mass is 79.9. The summed E-state index contributed by atoms with van der Waals surface area (Å²) in [6, 6.07) is 7.44. The number of ketones is 2. The van der Waals surface area contributed by atoms with Crippen LogP contribution in [0.2, 0.25) is 5.15 Å². The van der Waals surface area contributed by atoms with Crippen molar-refractivity contribution in [3.8, 4) is 11.8 Å². The molecule has 2 aromatic heterocycles. The van der Waals surface area contributed by atoms with E-state index in [4.69, 9.17) is 17.3 Å². The smallest absolute Gasteiger partial charge is 0.224 e. The van der Waals surface area contributed by atoms with Crippen LogP contribution in [0, 0.1) is 23.2 Å². The molecule has 47 heavy (non-hydrogen) atoms. The molecule has 1 amide bonds. The minimum Gasteiger partial charge on any atom is -0.374 e. The number of amides is 1. The van der Waals surface area contributed by atoms with Crippen molar-refractivity contribution in [1.82, 2.24) is 19.4 Å². The molecule has 1 aromatic carbocycles. The van der Waals surface area contributed by atoms with Crippen LogP contribution in [0.15, 0.2) is 63.6 Å². The van der Waals surface area contributed by atoms with Crippen LogP contribution in [-0.2, 0) is 14.4 Å². The molecule has 3 N–H and O–H groups in total. The van der Waals surface area contributed by atoms with Crippen molar-refractivity contribution >= 4 is 56.0 Å². The molecular formula is C36H39BrClN5O4. The van der Waals surface area contributed by atoms with Gasteiger partial charge < -0.3 is 20.3 Å². The number of Topliss-reactive ketones (excluding diaryl/α,β-unsaturated/α-hetero) is 2. The van der Waals surface area contributed by atoms with Crippen LogP contribution in [-0.4, -0.2) is 55.1 Å². The Kier molecular flexibility index (Phi) is 10.2. The first-order valence-electron chi connectivity index (χ1n) is 15.6. The molecule has 1 saturated carbocycles. The van der Waals surface area contributed by atoms with Gasteiger partial charge in [-0.2, -0.15) is 0 Å². The van der Waals surface area contributed by atoms with Crippen LogP contribution in [0.25, 0.3) is 11.0 Å². The Morgan fingerprint density at radius 2 is 1.87 bits per heavy atom. The standard InChI is InChI=1S/C36H39BrClN5O4/c1-20-21(2)32(46)30(22(3)31(20)45)36(4,5)17-29(44)42(13-6-7-23-9-11-28(37)27(16-23)34(39)47)18-24-8-10-25(15-24)43-14-12-26-33(38)40-19-41-35(26)43/h9,11-12,14,16,19,24-25,34,47H,8,10,13,15,17-18,39H2,1-5H3/t24-,25+,34?/m1/s1. The Labute approximate surface area is 288 Å². The minimum atomic E-state index is -1.16. The van der Waals surface area contributed by atoms with E-state index < -0.39 is 11.6 Å². The first-order valence-corrected chi connectivity index (χ1v) is 16.8. The number of rotatable bonds is 8. The highest BCUT2D eigenvalue weighted by molar-refractivity contribution is 9.10. The van der Waals surface area contributed by atoms with E-state index >= 15 is 0 Å². The van der Waals surface area contributed by atoms with Gasteiger partial charge in [-0.05, 0) is 70.2 Å². The normalized spacial score (nSPS) is 19.3. The lowest BCUT2D eigenvalue weighted by Crippen LogP contribution is -2.40. The number of halogens is 2. The summed E-state index contributed by atoms with van der Waals surface area (Å²) in [6.45, 7) is 9.38. The summed E-state index contributed by atoms with van der Waals surface area (Å²) in [5.41, 5.74) is 8.47. The number of nitrogens with two attached hydrogens (primary N) is 1. The summed E-state index contributed by atoms with van der Waals surface area (Å²) in [7, 11) is 0. The summed E-state index contributed by atoms with van der Waals surface area (Å²) in [4.78, 5) is 50.8. The molecule has 1 unspecified atom stereocenters. The molecule has 246 valence electrons. The second kappa shape index (κ2) is 13.9. The van der Waals surface area contributed by atoms with Gasteiger partial charge in [-0.1, -0.05) is 53.2 Å². The zero-order chi connectivity index (χ0) is 34.2. The fourth-order valence-electron chi connectivity index (χ4n) is 6.84. The van der Waals surface area contributed by atoms with E-state index in [0.717, 1.165) is 30.3 Å². The molecule has 1 fully saturated rings. The fraction of sp³-hybridized carbons (Fsp3) is 0.417. The van der Waals surface area contributed by atoms with E-state index in [2.05, 4.69) is 42.3 Å². The average Bonchev–Trinajstić information content (AvgIpc) is 3.66. The third-order valence-electron chi connectivity index (χ3n) is 9.47. The van der Waals surface area contributed by atoms with Gasteiger partial charge in [0.1, 0.15) is 23.4 Å². The molecule has 0 radical (unpaired) electrons. The van der Waals surface area contributed by atoms with Gasteiger partial charge in [0.2, 0.25) is 5.91 Å². The molecule has 9 nitrogen and oxygen atoms in total. The first-order chi connectivity index (χ1) is 22.2.